The van der Waals surface area contributed by atoms with Crippen molar-refractivity contribution in [3.63, 3.8) is 0 Å². The maximum absolute atomic E-state index is 4.74. The van der Waals surface area contributed by atoms with Crippen molar-refractivity contribution >= 4 is 16.3 Å². The van der Waals surface area contributed by atoms with Gasteiger partial charge in [0.2, 0.25) is 0 Å². The summed E-state index contributed by atoms with van der Waals surface area (Å²) in [5, 5.41) is 0. The third kappa shape index (κ3) is 6.40. The van der Waals surface area contributed by atoms with Crippen LogP contribution in [0.1, 0.15) is 6.42 Å². The second-order valence-electron chi connectivity index (χ2n) is 1.16. The molecule has 2 nitrogen and oxygen atoms in total. The molecule has 0 fully saturated rings. The van der Waals surface area contributed by atoms with Crippen molar-refractivity contribution in [3.05, 3.63) is 0 Å². The lowest BCUT2D eigenvalue weighted by Gasteiger charge is -1.92. The summed E-state index contributed by atoms with van der Waals surface area (Å²) < 4.78 is 9.32. The Morgan fingerprint density at radius 3 is 2.57 bits per heavy atom. The largest absolute Gasteiger partial charge is 0.385 e. The van der Waals surface area contributed by atoms with Gasteiger partial charge in [-0.15, -0.1) is 0 Å². The highest BCUT2D eigenvalue weighted by molar-refractivity contribution is 9.06. The maximum Gasteiger partial charge on any atom is 0.0987 e. The molecule has 0 heterocycles. The van der Waals surface area contributed by atoms with Gasteiger partial charge in [0.15, 0.2) is 0 Å². The molecule has 0 aromatic rings. The van der Waals surface area contributed by atoms with Crippen molar-refractivity contribution in [1.82, 2.24) is 0 Å². The van der Waals surface area contributed by atoms with E-state index in [9.17, 15) is 0 Å². The zero-order valence-corrected chi connectivity index (χ0v) is 5.90. The van der Waals surface area contributed by atoms with Crippen molar-refractivity contribution in [3.8, 4) is 0 Å². The summed E-state index contributed by atoms with van der Waals surface area (Å²) in [6.45, 7) is 1.49. The van der Waals surface area contributed by atoms with Gasteiger partial charge in [0.25, 0.3) is 0 Å². The molecule has 0 aromatic carbocycles. The van der Waals surface area contributed by atoms with Crippen LogP contribution in [0.4, 0.5) is 0 Å². The molecule has 0 spiro atoms. The predicted octanol–water partition coefficient (Wildman–Crippen LogP) is 1.35. The Morgan fingerprint density at radius 2 is 2.14 bits per heavy atom. The fourth-order valence-corrected chi connectivity index (χ4v) is 0.487. The third-order valence-corrected chi connectivity index (χ3v) is 0.894. The van der Waals surface area contributed by atoms with Gasteiger partial charge in [-0.1, -0.05) is 0 Å². The van der Waals surface area contributed by atoms with Crippen LogP contribution in [0.25, 0.3) is 0 Å². The van der Waals surface area contributed by atoms with Crippen molar-refractivity contribution in [2.45, 2.75) is 6.42 Å². The van der Waals surface area contributed by atoms with Crippen LogP contribution in [-0.2, 0) is 8.57 Å². The quantitative estimate of drug-likeness (QED) is 0.591. The minimum absolute atomic E-state index is 0.716. The standard InChI is InChI=1S/C4H9BrO2/c1-6-3-2-4-7-5/h2-4H2,1H3. The van der Waals surface area contributed by atoms with Gasteiger partial charge >= 0.3 is 0 Å². The summed E-state index contributed by atoms with van der Waals surface area (Å²) in [5.41, 5.74) is 0. The van der Waals surface area contributed by atoms with Gasteiger partial charge in [-0.05, 0) is 6.42 Å². The highest BCUT2D eigenvalue weighted by Crippen LogP contribution is 1.87. The molecule has 3 heteroatoms. The average Bonchev–Trinajstić information content (AvgIpc) is 1.69. The minimum atomic E-state index is 0.716. The summed E-state index contributed by atoms with van der Waals surface area (Å²) in [4.78, 5) is 0. The third-order valence-electron chi connectivity index (χ3n) is 0.570. The molecule has 0 bridgehead atoms. The fourth-order valence-electron chi connectivity index (χ4n) is 0.258. The fraction of sp³-hybridized carbons (Fsp3) is 1.00. The lowest BCUT2D eigenvalue weighted by molar-refractivity contribution is 0.180. The molecule has 44 valence electrons. The molecule has 0 atom stereocenters. The molecule has 0 unspecified atom stereocenters. The van der Waals surface area contributed by atoms with Crippen molar-refractivity contribution < 1.29 is 8.57 Å². The van der Waals surface area contributed by atoms with E-state index in [-0.39, 0.29) is 0 Å². The Labute approximate surface area is 52.3 Å². The van der Waals surface area contributed by atoms with Crippen LogP contribution < -0.4 is 0 Å². The van der Waals surface area contributed by atoms with E-state index in [0.29, 0.717) is 6.61 Å². The number of ether oxygens (including phenoxy) is 1. The van der Waals surface area contributed by atoms with E-state index in [4.69, 9.17) is 4.74 Å². The first-order valence-corrected chi connectivity index (χ1v) is 2.79. The van der Waals surface area contributed by atoms with Crippen molar-refractivity contribution in [1.29, 1.82) is 0 Å². The summed E-state index contributed by atoms with van der Waals surface area (Å²) in [5.74, 6) is 0. The predicted molar refractivity (Wildman–Crippen MR) is 31.4 cm³/mol. The highest BCUT2D eigenvalue weighted by atomic mass is 79.9. The number of rotatable bonds is 4. The first kappa shape index (κ1) is 7.40. The van der Waals surface area contributed by atoms with Gasteiger partial charge in [0, 0.05) is 13.7 Å². The smallest absolute Gasteiger partial charge is 0.0987 e. The molecule has 0 aliphatic rings. The molecule has 0 saturated carbocycles. The molecule has 0 N–H and O–H groups in total. The summed E-state index contributed by atoms with van der Waals surface area (Å²) in [6.07, 6.45) is 0.946. The Morgan fingerprint density at radius 1 is 1.43 bits per heavy atom. The van der Waals surface area contributed by atoms with Crippen LogP contribution in [0.5, 0.6) is 0 Å². The van der Waals surface area contributed by atoms with Crippen LogP contribution in [0.15, 0.2) is 0 Å². The molecular weight excluding hydrogens is 160 g/mol. The Hall–Kier alpha value is 0.400. The molecule has 0 amide bonds. The normalized spacial score (nSPS) is 9.43. The molecule has 0 saturated heterocycles. The minimum Gasteiger partial charge on any atom is -0.385 e. The van der Waals surface area contributed by atoms with Gasteiger partial charge in [-0.2, -0.15) is 0 Å². The van der Waals surface area contributed by atoms with E-state index in [1.54, 1.807) is 7.11 Å². The van der Waals surface area contributed by atoms with Gasteiger partial charge in [-0.25, -0.2) is 0 Å². The maximum atomic E-state index is 4.74. The van der Waals surface area contributed by atoms with Gasteiger partial charge < -0.3 is 8.57 Å². The molecular formula is C4H9BrO2. The van der Waals surface area contributed by atoms with E-state index >= 15 is 0 Å². The number of hydrogen-bond acceptors (Lipinski definition) is 2. The monoisotopic (exact) mass is 168 g/mol. The van der Waals surface area contributed by atoms with Crippen LogP contribution in [0.2, 0.25) is 0 Å². The first-order chi connectivity index (χ1) is 3.41. The van der Waals surface area contributed by atoms with Crippen molar-refractivity contribution in [2.24, 2.45) is 0 Å². The van der Waals surface area contributed by atoms with Gasteiger partial charge in [0.1, 0.15) is 0 Å². The first-order valence-electron chi connectivity index (χ1n) is 2.14. The van der Waals surface area contributed by atoms with Gasteiger partial charge in [-0.3, -0.25) is 0 Å². The van der Waals surface area contributed by atoms with Crippen LogP contribution >= 0.6 is 16.3 Å². The molecule has 0 radical (unpaired) electrons. The zero-order valence-electron chi connectivity index (χ0n) is 4.32. The molecule has 0 rings (SSSR count). The lowest BCUT2D eigenvalue weighted by atomic mass is 10.5. The summed E-state index contributed by atoms with van der Waals surface area (Å²) in [7, 11) is 1.67. The topological polar surface area (TPSA) is 18.5 Å². The SMILES string of the molecule is COCCCOBr. The van der Waals surface area contributed by atoms with Gasteiger partial charge in [0.05, 0.1) is 22.9 Å². The Kier molecular flexibility index (Phi) is 6.77. The number of methoxy groups -OCH3 is 1. The van der Waals surface area contributed by atoms with Crippen molar-refractivity contribution in [2.75, 3.05) is 20.3 Å². The Bertz CT molecular complexity index is 28.9. The Balaban J connectivity index is 2.45. The van der Waals surface area contributed by atoms with Crippen LogP contribution in [0.3, 0.4) is 0 Å². The zero-order chi connectivity index (χ0) is 5.54. The lowest BCUT2D eigenvalue weighted by Crippen LogP contribution is -1.91. The average molecular weight is 169 g/mol. The van der Waals surface area contributed by atoms with Crippen LogP contribution in [-0.4, -0.2) is 20.3 Å². The van der Waals surface area contributed by atoms with E-state index in [2.05, 4.69) is 20.1 Å². The van der Waals surface area contributed by atoms with E-state index < -0.39 is 0 Å². The second-order valence-corrected chi connectivity index (χ2v) is 1.62. The van der Waals surface area contributed by atoms with E-state index in [1.165, 1.54) is 0 Å². The molecule has 7 heavy (non-hydrogen) atoms. The molecule has 0 aliphatic heterocycles. The van der Waals surface area contributed by atoms with Crippen LogP contribution in [0, 0.1) is 0 Å². The van der Waals surface area contributed by atoms with E-state index in [1.807, 2.05) is 0 Å². The highest BCUT2D eigenvalue weighted by Gasteiger charge is 1.80. The van der Waals surface area contributed by atoms with E-state index in [0.717, 1.165) is 13.0 Å². The second kappa shape index (κ2) is 6.40. The summed E-state index contributed by atoms with van der Waals surface area (Å²) >= 11 is 2.82. The summed E-state index contributed by atoms with van der Waals surface area (Å²) in [6, 6.07) is 0. The molecule has 0 aliphatic carbocycles. The number of hydrogen-bond donors (Lipinski definition) is 0. The molecule has 0 aromatic heterocycles. The number of halogens is 1.